The lowest BCUT2D eigenvalue weighted by atomic mass is 10.1. The molecule has 2 heterocycles. The van der Waals surface area contributed by atoms with Crippen LogP contribution in [-0.4, -0.2) is 42.6 Å². The molecule has 3 rings (SSSR count). The monoisotopic (exact) mass is 292 g/mol. The van der Waals surface area contributed by atoms with Crippen molar-refractivity contribution >= 4 is 5.91 Å². The van der Waals surface area contributed by atoms with E-state index in [1.54, 1.807) is 6.26 Å². The Kier molecular flexibility index (Phi) is 4.93. The van der Waals surface area contributed by atoms with Crippen LogP contribution in [0.15, 0.2) is 22.8 Å². The van der Waals surface area contributed by atoms with E-state index in [0.717, 1.165) is 31.7 Å². The summed E-state index contributed by atoms with van der Waals surface area (Å²) in [6.45, 7) is 2.92. The fourth-order valence-electron chi connectivity index (χ4n) is 3.27. The van der Waals surface area contributed by atoms with Gasteiger partial charge in [0, 0.05) is 19.1 Å². The van der Waals surface area contributed by atoms with Gasteiger partial charge in [0.1, 0.15) is 5.76 Å². The van der Waals surface area contributed by atoms with Crippen molar-refractivity contribution in [1.29, 1.82) is 0 Å². The second-order valence-electron chi connectivity index (χ2n) is 5.94. The van der Waals surface area contributed by atoms with Crippen molar-refractivity contribution in [2.24, 2.45) is 0 Å². The maximum Gasteiger partial charge on any atom is 0.225 e. The predicted octanol–water partition coefficient (Wildman–Crippen LogP) is 1.93. The average molecular weight is 292 g/mol. The predicted molar refractivity (Wildman–Crippen MR) is 78.7 cm³/mol. The number of amides is 1. The van der Waals surface area contributed by atoms with E-state index in [2.05, 4.69) is 5.32 Å². The zero-order chi connectivity index (χ0) is 14.5. The molecule has 1 atom stereocenters. The molecule has 116 valence electrons. The number of nitrogens with one attached hydrogen (secondary N) is 1. The van der Waals surface area contributed by atoms with Crippen molar-refractivity contribution in [2.45, 2.75) is 50.8 Å². The summed E-state index contributed by atoms with van der Waals surface area (Å²) in [7, 11) is 0. The van der Waals surface area contributed by atoms with Gasteiger partial charge in [-0.1, -0.05) is 12.8 Å². The molecule has 2 aliphatic rings. The second kappa shape index (κ2) is 7.09. The zero-order valence-corrected chi connectivity index (χ0v) is 12.4. The van der Waals surface area contributed by atoms with E-state index in [-0.39, 0.29) is 12.0 Å². The Labute approximate surface area is 125 Å². The number of hydrogen-bond acceptors (Lipinski definition) is 4. The number of hydrogen-bond donors (Lipinski definition) is 1. The van der Waals surface area contributed by atoms with Crippen LogP contribution in [0.25, 0.3) is 0 Å². The van der Waals surface area contributed by atoms with Crippen LogP contribution in [0, 0.1) is 0 Å². The maximum absolute atomic E-state index is 12.7. The Bertz CT molecular complexity index is 434. The van der Waals surface area contributed by atoms with Gasteiger partial charge in [0.05, 0.1) is 31.9 Å². The summed E-state index contributed by atoms with van der Waals surface area (Å²) in [4.78, 5) is 14.7. The summed E-state index contributed by atoms with van der Waals surface area (Å²) < 4.78 is 11.1. The first-order valence-corrected chi connectivity index (χ1v) is 7.97. The van der Waals surface area contributed by atoms with Crippen LogP contribution in [0.3, 0.4) is 0 Å². The average Bonchev–Trinajstić information content (AvgIpc) is 3.19. The van der Waals surface area contributed by atoms with E-state index in [1.165, 1.54) is 12.8 Å². The number of nitrogens with zero attached hydrogens (tertiary/aromatic N) is 1. The highest BCUT2D eigenvalue weighted by Crippen LogP contribution is 2.26. The van der Waals surface area contributed by atoms with Crippen molar-refractivity contribution < 1.29 is 13.9 Å². The minimum Gasteiger partial charge on any atom is -0.467 e. The fraction of sp³-hybridized carbons (Fsp3) is 0.688. The molecule has 1 aromatic heterocycles. The van der Waals surface area contributed by atoms with Gasteiger partial charge in [-0.05, 0) is 25.0 Å². The lowest BCUT2D eigenvalue weighted by molar-refractivity contribution is -0.138. The third-order valence-corrected chi connectivity index (χ3v) is 4.40. The fourth-order valence-corrected chi connectivity index (χ4v) is 3.27. The van der Waals surface area contributed by atoms with Crippen LogP contribution >= 0.6 is 0 Å². The van der Waals surface area contributed by atoms with Gasteiger partial charge in [-0.25, -0.2) is 0 Å². The van der Waals surface area contributed by atoms with Crippen LogP contribution in [0.4, 0.5) is 0 Å². The van der Waals surface area contributed by atoms with E-state index in [0.29, 0.717) is 25.6 Å². The largest absolute Gasteiger partial charge is 0.467 e. The molecule has 2 fully saturated rings. The van der Waals surface area contributed by atoms with E-state index < -0.39 is 0 Å². The van der Waals surface area contributed by atoms with Gasteiger partial charge >= 0.3 is 0 Å². The Balaban J connectivity index is 1.63. The molecule has 1 amide bonds. The number of ether oxygens (including phenoxy) is 1. The SMILES string of the molecule is O=C(CC1CNCCO1)N(Cc1ccco1)C1CCCC1. The first-order chi connectivity index (χ1) is 10.3. The molecule has 1 saturated heterocycles. The molecule has 0 spiro atoms. The van der Waals surface area contributed by atoms with E-state index in [9.17, 15) is 4.79 Å². The quantitative estimate of drug-likeness (QED) is 0.901. The normalized spacial score (nSPS) is 23.3. The van der Waals surface area contributed by atoms with Crippen molar-refractivity contribution in [3.8, 4) is 0 Å². The third kappa shape index (κ3) is 3.86. The molecule has 0 bridgehead atoms. The second-order valence-corrected chi connectivity index (χ2v) is 5.94. The first kappa shape index (κ1) is 14.6. The van der Waals surface area contributed by atoms with E-state index >= 15 is 0 Å². The van der Waals surface area contributed by atoms with Crippen LogP contribution in [0.5, 0.6) is 0 Å². The van der Waals surface area contributed by atoms with Crippen LogP contribution in [-0.2, 0) is 16.1 Å². The highest BCUT2D eigenvalue weighted by Gasteiger charge is 2.29. The lowest BCUT2D eigenvalue weighted by Gasteiger charge is -2.31. The molecular formula is C16H24N2O3. The highest BCUT2D eigenvalue weighted by molar-refractivity contribution is 5.77. The molecule has 0 radical (unpaired) electrons. The summed E-state index contributed by atoms with van der Waals surface area (Å²) in [5.41, 5.74) is 0. The molecule has 1 aromatic rings. The van der Waals surface area contributed by atoms with Crippen molar-refractivity contribution in [1.82, 2.24) is 10.2 Å². The number of furan rings is 1. The van der Waals surface area contributed by atoms with Gasteiger partial charge in [-0.3, -0.25) is 4.79 Å². The van der Waals surface area contributed by atoms with Crippen LogP contribution in [0.1, 0.15) is 37.9 Å². The van der Waals surface area contributed by atoms with Gasteiger partial charge in [-0.15, -0.1) is 0 Å². The maximum atomic E-state index is 12.7. The Morgan fingerprint density at radius 2 is 2.24 bits per heavy atom. The molecule has 1 unspecified atom stereocenters. The van der Waals surface area contributed by atoms with Gasteiger partial charge in [0.2, 0.25) is 5.91 Å². The van der Waals surface area contributed by atoms with Gasteiger partial charge < -0.3 is 19.4 Å². The first-order valence-electron chi connectivity index (χ1n) is 7.97. The standard InChI is InChI=1S/C16H24N2O3/c19-16(10-15-11-17-7-9-21-15)18(13-4-1-2-5-13)12-14-6-3-8-20-14/h3,6,8,13,15,17H,1-2,4-5,7,9-12H2. The van der Waals surface area contributed by atoms with Gasteiger partial charge in [-0.2, -0.15) is 0 Å². The molecular weight excluding hydrogens is 268 g/mol. The highest BCUT2D eigenvalue weighted by atomic mass is 16.5. The minimum atomic E-state index is 0.00625. The molecule has 1 N–H and O–H groups in total. The van der Waals surface area contributed by atoms with Crippen molar-refractivity contribution in [3.63, 3.8) is 0 Å². The zero-order valence-electron chi connectivity index (χ0n) is 12.4. The molecule has 1 aliphatic carbocycles. The summed E-state index contributed by atoms with van der Waals surface area (Å²) in [6, 6.07) is 4.17. The number of rotatable bonds is 5. The minimum absolute atomic E-state index is 0.00625. The Hall–Kier alpha value is -1.33. The molecule has 1 saturated carbocycles. The Morgan fingerprint density at radius 3 is 2.90 bits per heavy atom. The van der Waals surface area contributed by atoms with E-state index in [1.807, 2.05) is 17.0 Å². The topological polar surface area (TPSA) is 54.7 Å². The Morgan fingerprint density at radius 1 is 1.38 bits per heavy atom. The van der Waals surface area contributed by atoms with Crippen molar-refractivity contribution in [2.75, 3.05) is 19.7 Å². The molecule has 21 heavy (non-hydrogen) atoms. The molecule has 1 aliphatic heterocycles. The molecule has 5 heteroatoms. The van der Waals surface area contributed by atoms with Crippen LogP contribution in [0.2, 0.25) is 0 Å². The molecule has 0 aromatic carbocycles. The summed E-state index contributed by atoms with van der Waals surface area (Å²) >= 11 is 0. The van der Waals surface area contributed by atoms with Crippen molar-refractivity contribution in [3.05, 3.63) is 24.2 Å². The summed E-state index contributed by atoms with van der Waals surface area (Å²) in [5, 5.41) is 3.28. The van der Waals surface area contributed by atoms with E-state index in [4.69, 9.17) is 9.15 Å². The number of carbonyl (C=O) groups excluding carboxylic acids is 1. The lowest BCUT2D eigenvalue weighted by Crippen LogP contribution is -2.44. The number of carbonyl (C=O) groups is 1. The summed E-state index contributed by atoms with van der Waals surface area (Å²) in [6.07, 6.45) is 6.78. The number of morpholine rings is 1. The third-order valence-electron chi connectivity index (χ3n) is 4.40. The van der Waals surface area contributed by atoms with Gasteiger partial charge in [0.25, 0.3) is 0 Å². The van der Waals surface area contributed by atoms with Gasteiger partial charge in [0.15, 0.2) is 0 Å². The van der Waals surface area contributed by atoms with Crippen LogP contribution < -0.4 is 5.32 Å². The molecule has 5 nitrogen and oxygen atoms in total. The smallest absolute Gasteiger partial charge is 0.225 e. The summed E-state index contributed by atoms with van der Waals surface area (Å²) in [5.74, 6) is 1.05.